The molecule has 1 saturated heterocycles. The number of thiazole rings is 1. The molecule has 4 N–H and O–H groups in total. The van der Waals surface area contributed by atoms with Crippen molar-refractivity contribution in [2.75, 3.05) is 17.7 Å². The molecule has 0 aromatic carbocycles. The zero-order valence-electron chi connectivity index (χ0n) is 17.1. The predicted molar refractivity (Wildman–Crippen MR) is 115 cm³/mol. The van der Waals surface area contributed by atoms with E-state index in [0.29, 0.717) is 23.5 Å². The van der Waals surface area contributed by atoms with Crippen molar-refractivity contribution in [2.24, 2.45) is 16.6 Å². The zero-order chi connectivity index (χ0) is 24.2. The Morgan fingerprint density at radius 3 is 2.64 bits per heavy atom. The molecule has 0 bridgehead atoms. The van der Waals surface area contributed by atoms with Crippen LogP contribution in [0.4, 0.5) is 19.0 Å². The standard InChI is InChI=1S/C16H18N6O2S2.C2HF3O2/c1-9-5-10-6-26-15(17)22-16(10,8-24-9)14-21-11(7-25-14)20-13(23)12-18-3-2-4-19-12;3-2(4,5)1(6)7/h2-4,7,9-10H,5-6,8H2,1H3,(H2,17,22)(H,20,23);(H,6,7)/t9-,10-,16-;/m0./s1. The number of fused-ring (bicyclic) bond motifs is 1. The van der Waals surface area contributed by atoms with E-state index in [0.717, 1.165) is 17.2 Å². The second-order valence-corrected chi connectivity index (χ2v) is 9.01. The molecule has 4 rings (SSSR count). The maximum absolute atomic E-state index is 12.2. The Morgan fingerprint density at radius 1 is 1.33 bits per heavy atom. The lowest BCUT2D eigenvalue weighted by Crippen LogP contribution is -2.49. The average Bonchev–Trinajstić information content (AvgIpc) is 3.23. The van der Waals surface area contributed by atoms with Gasteiger partial charge >= 0.3 is 12.1 Å². The van der Waals surface area contributed by atoms with Crippen molar-refractivity contribution < 1.29 is 32.6 Å². The van der Waals surface area contributed by atoms with Gasteiger partial charge in [-0.2, -0.15) is 13.2 Å². The van der Waals surface area contributed by atoms with Crippen LogP contribution in [-0.2, 0) is 15.1 Å². The van der Waals surface area contributed by atoms with Crippen LogP contribution in [0.15, 0.2) is 28.8 Å². The fourth-order valence-electron chi connectivity index (χ4n) is 3.20. The van der Waals surface area contributed by atoms with E-state index in [1.54, 1.807) is 23.2 Å². The largest absolute Gasteiger partial charge is 0.490 e. The highest BCUT2D eigenvalue weighted by Gasteiger charge is 2.49. The number of carboxylic acids is 1. The number of anilines is 1. The molecule has 0 unspecified atom stereocenters. The lowest BCUT2D eigenvalue weighted by Gasteiger charge is -2.44. The molecular weight excluding hydrogens is 485 g/mol. The Balaban J connectivity index is 0.000000383. The molecule has 2 aliphatic heterocycles. The molecule has 1 fully saturated rings. The molecule has 15 heteroatoms. The number of nitrogens with zero attached hydrogens (tertiary/aromatic N) is 4. The summed E-state index contributed by atoms with van der Waals surface area (Å²) in [5.74, 6) is -1.40. The van der Waals surface area contributed by atoms with Gasteiger partial charge < -0.3 is 20.9 Å². The van der Waals surface area contributed by atoms with Gasteiger partial charge in [-0.05, 0) is 19.4 Å². The number of nitrogens with two attached hydrogens (primary N) is 1. The number of nitrogens with one attached hydrogen (secondary N) is 1. The number of halogens is 3. The molecule has 3 atom stereocenters. The molecule has 0 saturated carbocycles. The van der Waals surface area contributed by atoms with Crippen molar-refractivity contribution in [3.63, 3.8) is 0 Å². The molecule has 2 aliphatic rings. The van der Waals surface area contributed by atoms with E-state index in [1.165, 1.54) is 23.7 Å². The Kier molecular flexibility index (Phi) is 7.54. The van der Waals surface area contributed by atoms with Crippen LogP contribution < -0.4 is 11.1 Å². The summed E-state index contributed by atoms with van der Waals surface area (Å²) >= 11 is 3.03. The molecule has 4 heterocycles. The topological polar surface area (TPSA) is 153 Å². The highest BCUT2D eigenvalue weighted by Crippen LogP contribution is 2.47. The van der Waals surface area contributed by atoms with Gasteiger partial charge in [-0.25, -0.2) is 24.7 Å². The molecule has 178 valence electrons. The van der Waals surface area contributed by atoms with E-state index in [2.05, 4.69) is 27.2 Å². The number of ether oxygens (including phenoxy) is 1. The number of amidine groups is 1. The highest BCUT2D eigenvalue weighted by molar-refractivity contribution is 8.13. The molecular formula is C18H19F3N6O4S2. The Bertz CT molecular complexity index is 1040. The van der Waals surface area contributed by atoms with Gasteiger partial charge in [0, 0.05) is 29.4 Å². The summed E-state index contributed by atoms with van der Waals surface area (Å²) in [4.78, 5) is 38.4. The number of aromatic nitrogens is 3. The first-order valence-corrected chi connectivity index (χ1v) is 11.3. The number of alkyl halides is 3. The molecule has 2 aromatic rings. The van der Waals surface area contributed by atoms with Crippen molar-refractivity contribution in [1.82, 2.24) is 15.0 Å². The summed E-state index contributed by atoms with van der Waals surface area (Å²) < 4.78 is 37.6. The van der Waals surface area contributed by atoms with Crippen LogP contribution in [0.2, 0.25) is 0 Å². The van der Waals surface area contributed by atoms with E-state index in [9.17, 15) is 18.0 Å². The van der Waals surface area contributed by atoms with Crippen molar-refractivity contribution in [1.29, 1.82) is 0 Å². The molecule has 2 aromatic heterocycles. The summed E-state index contributed by atoms with van der Waals surface area (Å²) in [6, 6.07) is 1.66. The number of carbonyl (C=O) groups excluding carboxylic acids is 1. The molecule has 10 nitrogen and oxygen atoms in total. The number of aliphatic imine (C=N–C) groups is 1. The summed E-state index contributed by atoms with van der Waals surface area (Å²) in [5.41, 5.74) is 5.44. The van der Waals surface area contributed by atoms with Crippen LogP contribution in [0.25, 0.3) is 0 Å². The Labute approximate surface area is 193 Å². The molecule has 0 aliphatic carbocycles. The smallest absolute Gasteiger partial charge is 0.475 e. The van der Waals surface area contributed by atoms with E-state index in [-0.39, 0.29) is 11.9 Å². The normalized spacial score (nSPS) is 24.5. The SMILES string of the molecule is C[C@H]1C[C@H]2CSC(N)=N[C@@]2(c2nc(NC(=O)c3ncccn3)cs2)CO1.O=C(O)C(F)(F)F. The maximum Gasteiger partial charge on any atom is 0.490 e. The minimum absolute atomic E-state index is 0.101. The summed E-state index contributed by atoms with van der Waals surface area (Å²) in [5, 5.41) is 13.0. The van der Waals surface area contributed by atoms with Gasteiger partial charge in [0.15, 0.2) is 5.17 Å². The van der Waals surface area contributed by atoms with E-state index < -0.39 is 23.6 Å². The molecule has 1 amide bonds. The molecule has 33 heavy (non-hydrogen) atoms. The third-order valence-electron chi connectivity index (χ3n) is 4.75. The number of thioether (sulfide) groups is 1. The Hall–Kier alpha value is -2.78. The Morgan fingerprint density at radius 2 is 2.00 bits per heavy atom. The van der Waals surface area contributed by atoms with Crippen molar-refractivity contribution in [3.8, 4) is 0 Å². The first-order chi connectivity index (χ1) is 15.5. The van der Waals surface area contributed by atoms with Crippen LogP contribution in [0.5, 0.6) is 0 Å². The van der Waals surface area contributed by atoms with Gasteiger partial charge in [0.25, 0.3) is 5.91 Å². The van der Waals surface area contributed by atoms with Gasteiger partial charge in [-0.3, -0.25) is 4.79 Å². The van der Waals surface area contributed by atoms with Crippen LogP contribution in [0.1, 0.15) is 29.0 Å². The zero-order valence-corrected chi connectivity index (χ0v) is 18.7. The summed E-state index contributed by atoms with van der Waals surface area (Å²) in [6.07, 6.45) is -0.938. The van der Waals surface area contributed by atoms with Crippen LogP contribution in [-0.4, -0.2) is 61.7 Å². The van der Waals surface area contributed by atoms with Crippen molar-refractivity contribution in [2.45, 2.75) is 31.2 Å². The summed E-state index contributed by atoms with van der Waals surface area (Å²) in [6.45, 7) is 2.52. The van der Waals surface area contributed by atoms with E-state index in [1.807, 2.05) is 0 Å². The number of hydrogen-bond acceptors (Lipinski definition) is 10. The minimum atomic E-state index is -5.08. The molecule has 0 spiro atoms. The van der Waals surface area contributed by atoms with E-state index >= 15 is 0 Å². The fourth-order valence-corrected chi connectivity index (χ4v) is 5.17. The van der Waals surface area contributed by atoms with Crippen molar-refractivity contribution >= 4 is 46.0 Å². The highest BCUT2D eigenvalue weighted by atomic mass is 32.2. The monoisotopic (exact) mass is 504 g/mol. The lowest BCUT2D eigenvalue weighted by atomic mass is 9.80. The fraction of sp³-hybridized carbons (Fsp3) is 0.444. The number of carboxylic acid groups (broad SMARTS) is 1. The maximum atomic E-state index is 12.2. The minimum Gasteiger partial charge on any atom is -0.475 e. The van der Waals surface area contributed by atoms with Gasteiger partial charge in [0.1, 0.15) is 16.4 Å². The number of amides is 1. The third-order valence-corrected chi connectivity index (χ3v) is 6.71. The van der Waals surface area contributed by atoms with Gasteiger partial charge in [0.05, 0.1) is 12.7 Å². The second kappa shape index (κ2) is 10.0. The van der Waals surface area contributed by atoms with E-state index in [4.69, 9.17) is 25.4 Å². The number of rotatable bonds is 3. The van der Waals surface area contributed by atoms with Crippen LogP contribution >= 0.6 is 23.1 Å². The van der Waals surface area contributed by atoms with Gasteiger partial charge in [0.2, 0.25) is 5.82 Å². The third kappa shape index (κ3) is 5.97. The predicted octanol–water partition coefficient (Wildman–Crippen LogP) is 2.50. The number of carbonyl (C=O) groups is 2. The summed E-state index contributed by atoms with van der Waals surface area (Å²) in [7, 11) is 0. The first kappa shape index (κ1) is 24.9. The van der Waals surface area contributed by atoms with Crippen molar-refractivity contribution in [3.05, 3.63) is 34.7 Å². The van der Waals surface area contributed by atoms with Crippen LogP contribution in [0, 0.1) is 5.92 Å². The van der Waals surface area contributed by atoms with Gasteiger partial charge in [-0.1, -0.05) is 11.8 Å². The quantitative estimate of drug-likeness (QED) is 0.572. The van der Waals surface area contributed by atoms with Gasteiger partial charge in [-0.15, -0.1) is 11.3 Å². The number of aliphatic carboxylic acids is 1. The number of hydrogen-bond donors (Lipinski definition) is 3. The van der Waals surface area contributed by atoms with Crippen LogP contribution in [0.3, 0.4) is 0 Å². The average molecular weight is 505 g/mol. The molecule has 0 radical (unpaired) electrons. The lowest BCUT2D eigenvalue weighted by molar-refractivity contribution is -0.192. The first-order valence-electron chi connectivity index (χ1n) is 9.45. The second-order valence-electron chi connectivity index (χ2n) is 7.11.